The van der Waals surface area contributed by atoms with Crippen molar-refractivity contribution in [3.8, 4) is 0 Å². The fourth-order valence-electron chi connectivity index (χ4n) is 7.95. The van der Waals surface area contributed by atoms with Gasteiger partial charge >= 0.3 is 17.9 Å². The predicted molar refractivity (Wildman–Crippen MR) is 205 cm³/mol. The van der Waals surface area contributed by atoms with E-state index in [-0.39, 0.29) is 25.7 Å². The van der Waals surface area contributed by atoms with Crippen molar-refractivity contribution in [2.24, 2.45) is 11.8 Å². The summed E-state index contributed by atoms with van der Waals surface area (Å²) >= 11 is 0. The molecule has 0 aromatic rings. The minimum atomic E-state index is -1.51. The molecule has 3 heterocycles. The van der Waals surface area contributed by atoms with Gasteiger partial charge < -0.3 is 62.9 Å². The van der Waals surface area contributed by atoms with Gasteiger partial charge in [-0.3, -0.25) is 14.4 Å². The van der Waals surface area contributed by atoms with Gasteiger partial charge in [0.1, 0.15) is 30.2 Å². The molecule has 3 aliphatic heterocycles. The predicted octanol–water partition coefficient (Wildman–Crippen LogP) is 2.77. The van der Waals surface area contributed by atoms with E-state index in [1.807, 2.05) is 19.9 Å². The molecule has 16 atom stereocenters. The molecule has 16 heteroatoms. The van der Waals surface area contributed by atoms with Gasteiger partial charge in [0.05, 0.1) is 43.0 Å². The van der Waals surface area contributed by atoms with Crippen LogP contribution in [0.5, 0.6) is 0 Å². The highest BCUT2D eigenvalue weighted by Gasteiger charge is 2.54. The second-order valence-electron chi connectivity index (χ2n) is 16.1. The number of methoxy groups -OCH3 is 1. The first-order valence-electron chi connectivity index (χ1n) is 20.1. The Kier molecular flexibility index (Phi) is 19.2. The maximum absolute atomic E-state index is 13.0. The lowest BCUT2D eigenvalue weighted by Crippen LogP contribution is -2.66. The van der Waals surface area contributed by atoms with Gasteiger partial charge in [0.2, 0.25) is 0 Å². The van der Waals surface area contributed by atoms with Crippen LogP contribution in [0.2, 0.25) is 0 Å². The number of nitrogens with zero attached hydrogens (tertiary/aromatic N) is 1. The number of likely N-dealkylation sites (N-methyl/N-ethyl adjacent to an activating group) is 1. The topological polar surface area (TPSA) is 206 Å². The minimum absolute atomic E-state index is 0.0531. The molecule has 2 fully saturated rings. The molecular formula is C41H67NO15. The van der Waals surface area contributed by atoms with E-state index in [1.165, 1.54) is 14.0 Å². The van der Waals surface area contributed by atoms with E-state index in [0.29, 0.717) is 19.1 Å². The summed E-state index contributed by atoms with van der Waals surface area (Å²) in [4.78, 5) is 52.1. The summed E-state index contributed by atoms with van der Waals surface area (Å²) < 4.78 is 48.8. The van der Waals surface area contributed by atoms with E-state index in [2.05, 4.69) is 0 Å². The highest BCUT2D eigenvalue weighted by molar-refractivity contribution is 5.70. The molecular weight excluding hydrogens is 746 g/mol. The van der Waals surface area contributed by atoms with E-state index >= 15 is 0 Å². The Morgan fingerprint density at radius 3 is 2.30 bits per heavy atom. The van der Waals surface area contributed by atoms with Gasteiger partial charge in [0, 0.05) is 39.7 Å². The fraction of sp³-hybridized carbons (Fsp3) is 0.805. The Morgan fingerprint density at radius 1 is 1.00 bits per heavy atom. The standard InChI is InChI=1S/C41H67NO15/c1-11-15-31(47)55-39-26(5)52-33(22-41(39,7)49)56-35-25(4)53-40(38(54-27(6)44)34(35)42(8)9)57-36-28(18-19-43)20-23(2)29(45)17-14-12-13-16-24(3)51-32(48)21-30(46)37(36)50-10/h12-14,17,19,23-26,28-30,33-40,45-46,49H,11,15-16,18,20-22H2,1-10H3/b13-12+,17-14+/t23-,24-,25-,26+,28+,29+,30-,33+,34+,35-,36+,37+,38-,39+,40+,41-/m1/s1. The number of hydrogen-bond donors (Lipinski definition) is 3. The third kappa shape index (κ3) is 13.9. The van der Waals surface area contributed by atoms with Crippen molar-refractivity contribution in [2.45, 2.75) is 179 Å². The fourth-order valence-corrected chi connectivity index (χ4v) is 7.95. The van der Waals surface area contributed by atoms with Crippen LogP contribution in [-0.2, 0) is 57.1 Å². The molecule has 0 saturated carbocycles. The van der Waals surface area contributed by atoms with E-state index in [0.717, 1.165) is 0 Å². The number of carbonyl (C=O) groups is 4. The Balaban J connectivity index is 2.01. The number of esters is 3. The number of rotatable bonds is 12. The SMILES string of the molecule is CCCC(=O)O[C@H]1[C@H](C)O[C@@H](O[C@H]2[C@H](N(C)C)[C@@H](OC(C)=O)[C@H](O[C@H]3[C@@H](CC=O)C[C@@H](C)[C@@H](O)/C=C/C=C/C[C@@H](C)OC(=O)C[C@@H](O)[C@@H]3OC)O[C@@H]2C)C[C@@]1(C)O. The molecule has 2 saturated heterocycles. The highest BCUT2D eigenvalue weighted by Crippen LogP contribution is 2.38. The molecule has 0 bridgehead atoms. The summed E-state index contributed by atoms with van der Waals surface area (Å²) in [6, 6.07) is -0.747. The minimum Gasteiger partial charge on any atom is -0.462 e. The molecule has 0 aromatic carbocycles. The molecule has 0 aliphatic carbocycles. The van der Waals surface area contributed by atoms with Crippen LogP contribution in [0.1, 0.15) is 93.4 Å². The average molecular weight is 814 g/mol. The van der Waals surface area contributed by atoms with Crippen LogP contribution in [0.15, 0.2) is 24.3 Å². The zero-order valence-electron chi connectivity index (χ0n) is 35.2. The van der Waals surface area contributed by atoms with Gasteiger partial charge in [0.15, 0.2) is 24.8 Å². The van der Waals surface area contributed by atoms with Gasteiger partial charge in [-0.15, -0.1) is 0 Å². The molecule has 3 aliphatic rings. The van der Waals surface area contributed by atoms with E-state index in [1.54, 1.807) is 64.9 Å². The van der Waals surface area contributed by atoms with E-state index in [4.69, 9.17) is 37.9 Å². The average Bonchev–Trinajstić information content (AvgIpc) is 3.10. The quantitative estimate of drug-likeness (QED) is 0.147. The molecule has 0 radical (unpaired) electrons. The van der Waals surface area contributed by atoms with Crippen molar-refractivity contribution < 1.29 is 72.4 Å². The molecule has 0 spiro atoms. The second-order valence-corrected chi connectivity index (χ2v) is 16.1. The summed E-state index contributed by atoms with van der Waals surface area (Å²) in [5, 5.41) is 34.0. The first-order valence-corrected chi connectivity index (χ1v) is 20.1. The smallest absolute Gasteiger partial charge is 0.308 e. The Labute approximate surface area is 337 Å². The first kappa shape index (κ1) is 48.6. The van der Waals surface area contributed by atoms with Crippen molar-refractivity contribution >= 4 is 24.2 Å². The van der Waals surface area contributed by atoms with Crippen LogP contribution >= 0.6 is 0 Å². The summed E-state index contributed by atoms with van der Waals surface area (Å²) in [6.07, 6.45) is -3.55. The largest absolute Gasteiger partial charge is 0.462 e. The van der Waals surface area contributed by atoms with Gasteiger partial charge in [-0.05, 0) is 66.5 Å². The van der Waals surface area contributed by atoms with Gasteiger partial charge in [-0.25, -0.2) is 0 Å². The lowest BCUT2D eigenvalue weighted by atomic mass is 9.82. The molecule has 326 valence electrons. The number of aliphatic hydroxyl groups is 3. The van der Waals surface area contributed by atoms with Crippen molar-refractivity contribution in [1.29, 1.82) is 0 Å². The lowest BCUT2D eigenvalue weighted by molar-refractivity contribution is -0.345. The third-order valence-corrected chi connectivity index (χ3v) is 10.8. The number of cyclic esters (lactones) is 1. The van der Waals surface area contributed by atoms with E-state index in [9.17, 15) is 34.5 Å². The monoisotopic (exact) mass is 813 g/mol. The number of aldehydes is 1. The molecule has 16 nitrogen and oxygen atoms in total. The third-order valence-electron chi connectivity index (χ3n) is 10.8. The molecule has 57 heavy (non-hydrogen) atoms. The molecule has 3 rings (SSSR count). The molecule has 0 unspecified atom stereocenters. The Morgan fingerprint density at radius 2 is 1.70 bits per heavy atom. The zero-order chi connectivity index (χ0) is 42.6. The highest BCUT2D eigenvalue weighted by atomic mass is 16.7. The van der Waals surface area contributed by atoms with Crippen molar-refractivity contribution in [3.05, 3.63) is 24.3 Å². The van der Waals surface area contributed by atoms with Crippen LogP contribution in [0, 0.1) is 11.8 Å². The lowest BCUT2D eigenvalue weighted by Gasteiger charge is -2.51. The Bertz CT molecular complexity index is 1350. The molecule has 3 N–H and O–H groups in total. The van der Waals surface area contributed by atoms with Crippen LogP contribution in [-0.4, -0.2) is 151 Å². The van der Waals surface area contributed by atoms with Gasteiger partial charge in [-0.2, -0.15) is 0 Å². The summed E-state index contributed by atoms with van der Waals surface area (Å²) in [5.74, 6) is -2.86. The summed E-state index contributed by atoms with van der Waals surface area (Å²) in [6.45, 7) is 11.6. The van der Waals surface area contributed by atoms with E-state index < -0.39 is 121 Å². The molecule has 0 amide bonds. The van der Waals surface area contributed by atoms with Gasteiger partial charge in [0.25, 0.3) is 0 Å². The van der Waals surface area contributed by atoms with Crippen LogP contribution in [0.3, 0.4) is 0 Å². The number of hydrogen-bond acceptors (Lipinski definition) is 16. The summed E-state index contributed by atoms with van der Waals surface area (Å²) in [5.41, 5.74) is -1.51. The number of allylic oxidation sites excluding steroid dienone is 2. The maximum Gasteiger partial charge on any atom is 0.308 e. The Hall–Kier alpha value is -2.80. The normalized spacial score (nSPS) is 41.1. The van der Waals surface area contributed by atoms with Crippen LogP contribution < -0.4 is 0 Å². The second kappa shape index (κ2) is 22.5. The summed E-state index contributed by atoms with van der Waals surface area (Å²) in [7, 11) is 4.87. The number of ether oxygens (including phenoxy) is 8. The number of aliphatic hydroxyl groups excluding tert-OH is 2. The van der Waals surface area contributed by atoms with Crippen LogP contribution in [0.25, 0.3) is 0 Å². The molecule has 0 aromatic heterocycles. The first-order chi connectivity index (χ1) is 26.8. The van der Waals surface area contributed by atoms with Crippen molar-refractivity contribution in [3.63, 3.8) is 0 Å². The zero-order valence-corrected chi connectivity index (χ0v) is 35.2. The van der Waals surface area contributed by atoms with Gasteiger partial charge in [-0.1, -0.05) is 38.2 Å². The van der Waals surface area contributed by atoms with Crippen molar-refractivity contribution in [2.75, 3.05) is 21.2 Å². The van der Waals surface area contributed by atoms with Crippen LogP contribution in [0.4, 0.5) is 0 Å². The maximum atomic E-state index is 13.0. The van der Waals surface area contributed by atoms with Crippen molar-refractivity contribution in [1.82, 2.24) is 4.90 Å². The number of carbonyl (C=O) groups excluding carboxylic acids is 4.